The van der Waals surface area contributed by atoms with Gasteiger partial charge in [0, 0.05) is 39.3 Å². The summed E-state index contributed by atoms with van der Waals surface area (Å²) in [5, 5.41) is 8.71. The Morgan fingerprint density at radius 2 is 2.14 bits per heavy atom. The molecule has 0 bridgehead atoms. The number of halogens is 2. The lowest BCUT2D eigenvalue weighted by Gasteiger charge is -2.28. The zero-order valence-corrected chi connectivity index (χ0v) is 17.2. The van der Waals surface area contributed by atoms with E-state index in [4.69, 9.17) is 27.9 Å². The smallest absolute Gasteiger partial charge is 0.338 e. The Morgan fingerprint density at radius 1 is 1.31 bits per heavy atom. The van der Waals surface area contributed by atoms with Gasteiger partial charge in [0.1, 0.15) is 6.04 Å². The minimum atomic E-state index is -0.618. The average Bonchev–Trinajstić information content (AvgIpc) is 3.12. The van der Waals surface area contributed by atoms with Crippen LogP contribution < -0.4 is 5.32 Å². The molecule has 0 fully saturated rings. The molecule has 1 atom stereocenters. The topological polar surface area (TPSA) is 81.9 Å². The Labute approximate surface area is 177 Å². The van der Waals surface area contributed by atoms with Gasteiger partial charge in [-0.05, 0) is 38.1 Å². The molecule has 1 unspecified atom stereocenters. The number of pyridine rings is 1. The van der Waals surface area contributed by atoms with E-state index in [1.54, 1.807) is 49.1 Å². The van der Waals surface area contributed by atoms with Gasteiger partial charge in [0.15, 0.2) is 5.82 Å². The second-order valence-electron chi connectivity index (χ2n) is 6.40. The van der Waals surface area contributed by atoms with Crippen molar-refractivity contribution in [3.63, 3.8) is 0 Å². The summed E-state index contributed by atoms with van der Waals surface area (Å²) < 4.78 is 6.93. The molecule has 148 valence electrons. The lowest BCUT2D eigenvalue weighted by atomic mass is 9.96. The number of hydrogen-bond acceptors (Lipinski definition) is 6. The van der Waals surface area contributed by atoms with Gasteiger partial charge in [0.25, 0.3) is 0 Å². The van der Waals surface area contributed by atoms with Crippen molar-refractivity contribution in [2.75, 3.05) is 11.9 Å². The van der Waals surface area contributed by atoms with E-state index in [0.717, 1.165) is 5.56 Å². The summed E-state index contributed by atoms with van der Waals surface area (Å²) in [5.41, 5.74) is 2.46. The number of allylic oxidation sites excluding steroid dienone is 1. The molecule has 0 spiro atoms. The number of carbonyl (C=O) groups excluding carboxylic acids is 1. The first-order valence-corrected chi connectivity index (χ1v) is 9.72. The van der Waals surface area contributed by atoms with Crippen LogP contribution in [0.3, 0.4) is 0 Å². The Morgan fingerprint density at radius 3 is 2.83 bits per heavy atom. The van der Waals surface area contributed by atoms with E-state index in [0.29, 0.717) is 38.7 Å². The number of ether oxygens (including phenoxy) is 1. The van der Waals surface area contributed by atoms with Gasteiger partial charge in [-0.1, -0.05) is 29.3 Å². The van der Waals surface area contributed by atoms with E-state index in [9.17, 15) is 4.79 Å². The highest BCUT2D eigenvalue weighted by Crippen LogP contribution is 2.40. The molecule has 0 saturated carbocycles. The molecule has 0 amide bonds. The Kier molecular flexibility index (Phi) is 5.25. The fraction of sp³-hybridized carbons (Fsp3) is 0.200. The van der Waals surface area contributed by atoms with E-state index in [1.807, 2.05) is 12.1 Å². The molecular formula is C20H17Cl2N5O2. The summed E-state index contributed by atoms with van der Waals surface area (Å²) in [6.45, 7) is 3.81. The minimum Gasteiger partial charge on any atom is -0.463 e. The van der Waals surface area contributed by atoms with E-state index in [-0.39, 0.29) is 6.61 Å². The maximum Gasteiger partial charge on any atom is 0.338 e. The molecule has 29 heavy (non-hydrogen) atoms. The van der Waals surface area contributed by atoms with Gasteiger partial charge in [-0.2, -0.15) is 4.98 Å². The Balaban J connectivity index is 1.90. The number of benzene rings is 1. The number of nitrogens with zero attached hydrogens (tertiary/aromatic N) is 4. The SMILES string of the molecule is CCOC(=O)C1=C(C)Nc2nc(-c3cccnc3)nn2C1c1ccc(Cl)cc1Cl. The number of fused-ring (bicyclic) bond motifs is 1. The van der Waals surface area contributed by atoms with Crippen LogP contribution in [0, 0.1) is 0 Å². The van der Waals surface area contributed by atoms with Crippen molar-refractivity contribution < 1.29 is 9.53 Å². The number of aromatic nitrogens is 4. The van der Waals surface area contributed by atoms with Gasteiger partial charge in [-0.15, -0.1) is 5.10 Å². The molecule has 9 heteroatoms. The van der Waals surface area contributed by atoms with Gasteiger partial charge >= 0.3 is 5.97 Å². The van der Waals surface area contributed by atoms with Crippen LogP contribution in [-0.4, -0.2) is 32.3 Å². The van der Waals surface area contributed by atoms with Gasteiger partial charge in [0.2, 0.25) is 5.95 Å². The molecule has 3 aromatic rings. The third-order valence-electron chi connectivity index (χ3n) is 4.52. The average molecular weight is 430 g/mol. The number of anilines is 1. The fourth-order valence-corrected chi connectivity index (χ4v) is 3.76. The highest BCUT2D eigenvalue weighted by Gasteiger charge is 2.36. The number of nitrogens with one attached hydrogen (secondary N) is 1. The Hall–Kier alpha value is -2.90. The molecule has 0 aliphatic carbocycles. The first kappa shape index (κ1) is 19.4. The molecular weight excluding hydrogens is 413 g/mol. The van der Waals surface area contributed by atoms with Crippen LogP contribution in [0.1, 0.15) is 25.5 Å². The van der Waals surface area contributed by atoms with Crippen molar-refractivity contribution in [1.82, 2.24) is 19.7 Å². The molecule has 2 aromatic heterocycles. The molecule has 1 aliphatic rings. The normalized spacial score (nSPS) is 15.7. The summed E-state index contributed by atoms with van der Waals surface area (Å²) in [5.74, 6) is 0.525. The van der Waals surface area contributed by atoms with Crippen LogP contribution in [0.25, 0.3) is 11.4 Å². The highest BCUT2D eigenvalue weighted by molar-refractivity contribution is 6.35. The third kappa shape index (κ3) is 3.59. The summed E-state index contributed by atoms with van der Waals surface area (Å²) in [6, 6.07) is 8.20. The molecule has 0 saturated heterocycles. The van der Waals surface area contributed by atoms with Crippen molar-refractivity contribution in [2.24, 2.45) is 0 Å². The summed E-state index contributed by atoms with van der Waals surface area (Å²) in [4.78, 5) is 21.5. The van der Waals surface area contributed by atoms with Crippen molar-refractivity contribution in [2.45, 2.75) is 19.9 Å². The van der Waals surface area contributed by atoms with E-state index in [2.05, 4.69) is 20.4 Å². The molecule has 0 radical (unpaired) electrons. The third-order valence-corrected chi connectivity index (χ3v) is 5.09. The summed E-state index contributed by atoms with van der Waals surface area (Å²) in [6.07, 6.45) is 3.36. The molecule has 1 N–H and O–H groups in total. The van der Waals surface area contributed by atoms with Crippen LogP contribution in [0.15, 0.2) is 54.0 Å². The number of hydrogen-bond donors (Lipinski definition) is 1. The minimum absolute atomic E-state index is 0.252. The van der Waals surface area contributed by atoms with Gasteiger partial charge in [-0.25, -0.2) is 9.48 Å². The predicted molar refractivity (Wildman–Crippen MR) is 111 cm³/mol. The number of esters is 1. The zero-order valence-electron chi connectivity index (χ0n) is 15.7. The standard InChI is InChI=1S/C20H17Cl2N5O2/c1-3-29-19(28)16-11(2)24-20-25-18(12-5-4-8-23-10-12)26-27(20)17(16)14-7-6-13(21)9-15(14)22/h4-10,17H,3H2,1-2H3,(H,24,25,26). The summed E-state index contributed by atoms with van der Waals surface area (Å²) in [7, 11) is 0. The van der Waals surface area contributed by atoms with Crippen LogP contribution in [0.4, 0.5) is 5.95 Å². The molecule has 4 rings (SSSR count). The lowest BCUT2D eigenvalue weighted by Crippen LogP contribution is -2.29. The quantitative estimate of drug-likeness (QED) is 0.614. The van der Waals surface area contributed by atoms with Crippen molar-refractivity contribution in [1.29, 1.82) is 0 Å². The van der Waals surface area contributed by atoms with E-state index in [1.165, 1.54) is 0 Å². The monoisotopic (exact) mass is 429 g/mol. The van der Waals surface area contributed by atoms with Gasteiger partial charge in [-0.3, -0.25) is 4.98 Å². The first-order valence-electron chi connectivity index (χ1n) is 8.96. The second kappa shape index (κ2) is 7.85. The maximum atomic E-state index is 12.8. The fourth-order valence-electron chi connectivity index (χ4n) is 3.25. The largest absolute Gasteiger partial charge is 0.463 e. The molecule has 1 aliphatic heterocycles. The van der Waals surface area contributed by atoms with Crippen LogP contribution in [0.2, 0.25) is 10.0 Å². The van der Waals surface area contributed by atoms with Crippen molar-refractivity contribution >= 4 is 35.1 Å². The molecule has 7 nitrogen and oxygen atoms in total. The van der Waals surface area contributed by atoms with Crippen LogP contribution in [0.5, 0.6) is 0 Å². The second-order valence-corrected chi connectivity index (χ2v) is 7.24. The first-order chi connectivity index (χ1) is 14.0. The number of rotatable bonds is 4. The predicted octanol–water partition coefficient (Wildman–Crippen LogP) is 4.50. The Bertz CT molecular complexity index is 1110. The molecule has 1 aromatic carbocycles. The van der Waals surface area contributed by atoms with Crippen LogP contribution >= 0.6 is 23.2 Å². The van der Waals surface area contributed by atoms with E-state index >= 15 is 0 Å². The van der Waals surface area contributed by atoms with Crippen molar-refractivity contribution in [3.8, 4) is 11.4 Å². The van der Waals surface area contributed by atoms with E-state index < -0.39 is 12.0 Å². The maximum absolute atomic E-state index is 12.8. The molecule has 3 heterocycles. The highest BCUT2D eigenvalue weighted by atomic mass is 35.5. The van der Waals surface area contributed by atoms with Gasteiger partial charge < -0.3 is 10.1 Å². The van der Waals surface area contributed by atoms with Gasteiger partial charge in [0.05, 0.1) is 12.2 Å². The van der Waals surface area contributed by atoms with Crippen molar-refractivity contribution in [3.05, 3.63) is 69.6 Å². The number of carbonyl (C=O) groups is 1. The van der Waals surface area contributed by atoms with Crippen LogP contribution in [-0.2, 0) is 9.53 Å². The summed E-state index contributed by atoms with van der Waals surface area (Å²) >= 11 is 12.6. The zero-order chi connectivity index (χ0) is 20.5. The lowest BCUT2D eigenvalue weighted by molar-refractivity contribution is -0.139.